The summed E-state index contributed by atoms with van der Waals surface area (Å²) in [6.45, 7) is 3.39. The molecule has 98 valence electrons. The Morgan fingerprint density at radius 2 is 2.06 bits per heavy atom. The lowest BCUT2D eigenvalue weighted by Gasteiger charge is -2.25. The number of benzene rings is 1. The first-order valence-electron chi connectivity index (χ1n) is 6.99. The highest BCUT2D eigenvalue weighted by Crippen LogP contribution is 2.11. The molecule has 0 spiro atoms. The van der Waals surface area contributed by atoms with E-state index in [-0.39, 0.29) is 0 Å². The fourth-order valence-corrected chi connectivity index (χ4v) is 2.51. The van der Waals surface area contributed by atoms with Gasteiger partial charge in [-0.2, -0.15) is 0 Å². The molecule has 0 aromatic heterocycles. The summed E-state index contributed by atoms with van der Waals surface area (Å²) in [4.78, 5) is 2.48. The highest BCUT2D eigenvalue weighted by Gasteiger charge is 2.15. The zero-order chi connectivity index (χ0) is 12.6. The van der Waals surface area contributed by atoms with Crippen LogP contribution in [0.25, 0.3) is 6.08 Å². The molecule has 2 rings (SSSR count). The third kappa shape index (κ3) is 4.28. The molecule has 1 aliphatic rings. The minimum atomic E-state index is 0.737. The Morgan fingerprint density at radius 1 is 1.22 bits per heavy atom. The largest absolute Gasteiger partial charge is 0.317 e. The Balaban J connectivity index is 1.80. The highest BCUT2D eigenvalue weighted by atomic mass is 15.1. The van der Waals surface area contributed by atoms with Crippen molar-refractivity contribution in [3.05, 3.63) is 42.0 Å². The lowest BCUT2D eigenvalue weighted by atomic mass is 10.1. The summed E-state index contributed by atoms with van der Waals surface area (Å²) in [5.74, 6) is 0. The van der Waals surface area contributed by atoms with Crippen molar-refractivity contribution in [3.8, 4) is 0 Å². The first-order chi connectivity index (χ1) is 8.86. The maximum atomic E-state index is 3.47. The third-order valence-corrected chi connectivity index (χ3v) is 3.67. The molecule has 1 heterocycles. The van der Waals surface area contributed by atoms with Gasteiger partial charge in [0.1, 0.15) is 0 Å². The Labute approximate surface area is 111 Å². The minimum Gasteiger partial charge on any atom is -0.317 e. The average Bonchev–Trinajstić information content (AvgIpc) is 2.69. The van der Waals surface area contributed by atoms with Crippen LogP contribution in [0.3, 0.4) is 0 Å². The molecule has 0 aliphatic carbocycles. The second-order valence-electron chi connectivity index (χ2n) is 5.09. The van der Waals surface area contributed by atoms with Crippen LogP contribution >= 0.6 is 0 Å². The van der Waals surface area contributed by atoms with Crippen LogP contribution in [0.4, 0.5) is 0 Å². The SMILES string of the molecule is CN(C/C=C/c1ccccc1)C1CCCNCC1. The van der Waals surface area contributed by atoms with Crippen LogP contribution < -0.4 is 5.32 Å². The molecule has 0 saturated carbocycles. The van der Waals surface area contributed by atoms with Gasteiger partial charge in [0.05, 0.1) is 0 Å². The predicted molar refractivity (Wildman–Crippen MR) is 78.6 cm³/mol. The van der Waals surface area contributed by atoms with E-state index in [1.165, 1.54) is 31.4 Å². The van der Waals surface area contributed by atoms with E-state index in [0.717, 1.165) is 19.1 Å². The topological polar surface area (TPSA) is 15.3 Å². The van der Waals surface area contributed by atoms with Crippen molar-refractivity contribution in [1.82, 2.24) is 10.2 Å². The monoisotopic (exact) mass is 244 g/mol. The van der Waals surface area contributed by atoms with Crippen molar-refractivity contribution in [3.63, 3.8) is 0 Å². The predicted octanol–water partition coefficient (Wildman–Crippen LogP) is 2.77. The summed E-state index contributed by atoms with van der Waals surface area (Å²) < 4.78 is 0. The van der Waals surface area contributed by atoms with E-state index in [1.54, 1.807) is 0 Å². The number of nitrogens with one attached hydrogen (secondary N) is 1. The average molecular weight is 244 g/mol. The molecular weight excluding hydrogens is 220 g/mol. The molecule has 18 heavy (non-hydrogen) atoms. The van der Waals surface area contributed by atoms with Gasteiger partial charge in [-0.15, -0.1) is 0 Å². The molecule has 1 aromatic carbocycles. The van der Waals surface area contributed by atoms with Gasteiger partial charge in [-0.1, -0.05) is 42.5 Å². The second-order valence-corrected chi connectivity index (χ2v) is 5.09. The highest BCUT2D eigenvalue weighted by molar-refractivity contribution is 5.48. The fourth-order valence-electron chi connectivity index (χ4n) is 2.51. The zero-order valence-corrected chi connectivity index (χ0v) is 11.3. The molecular formula is C16H24N2. The molecule has 1 N–H and O–H groups in total. The van der Waals surface area contributed by atoms with E-state index in [4.69, 9.17) is 0 Å². The molecule has 1 unspecified atom stereocenters. The van der Waals surface area contributed by atoms with E-state index >= 15 is 0 Å². The van der Waals surface area contributed by atoms with Crippen molar-refractivity contribution in [1.29, 1.82) is 0 Å². The molecule has 1 fully saturated rings. The van der Waals surface area contributed by atoms with Gasteiger partial charge in [-0.25, -0.2) is 0 Å². The summed E-state index contributed by atoms with van der Waals surface area (Å²) in [6, 6.07) is 11.3. The summed E-state index contributed by atoms with van der Waals surface area (Å²) in [7, 11) is 2.24. The van der Waals surface area contributed by atoms with Gasteiger partial charge < -0.3 is 5.32 Å². The van der Waals surface area contributed by atoms with Crippen molar-refractivity contribution < 1.29 is 0 Å². The number of hydrogen-bond acceptors (Lipinski definition) is 2. The van der Waals surface area contributed by atoms with Crippen LogP contribution in [0, 0.1) is 0 Å². The van der Waals surface area contributed by atoms with E-state index < -0.39 is 0 Å². The van der Waals surface area contributed by atoms with Crippen LogP contribution in [-0.4, -0.2) is 37.6 Å². The molecule has 0 radical (unpaired) electrons. The zero-order valence-electron chi connectivity index (χ0n) is 11.3. The lowest BCUT2D eigenvalue weighted by molar-refractivity contribution is 0.247. The van der Waals surface area contributed by atoms with Crippen LogP contribution in [0.2, 0.25) is 0 Å². The van der Waals surface area contributed by atoms with E-state index in [0.29, 0.717) is 0 Å². The summed E-state index contributed by atoms with van der Waals surface area (Å²) >= 11 is 0. The molecule has 2 nitrogen and oxygen atoms in total. The van der Waals surface area contributed by atoms with Crippen molar-refractivity contribution >= 4 is 6.08 Å². The molecule has 0 amide bonds. The van der Waals surface area contributed by atoms with Gasteiger partial charge in [0.2, 0.25) is 0 Å². The molecule has 1 aliphatic heterocycles. The van der Waals surface area contributed by atoms with Gasteiger partial charge >= 0.3 is 0 Å². The summed E-state index contributed by atoms with van der Waals surface area (Å²) in [5, 5.41) is 3.47. The van der Waals surface area contributed by atoms with Gasteiger partial charge in [0, 0.05) is 12.6 Å². The number of rotatable bonds is 4. The first kappa shape index (κ1) is 13.3. The van der Waals surface area contributed by atoms with E-state index in [9.17, 15) is 0 Å². The van der Waals surface area contributed by atoms with Gasteiger partial charge in [-0.05, 0) is 45.0 Å². The third-order valence-electron chi connectivity index (χ3n) is 3.67. The van der Waals surface area contributed by atoms with Crippen LogP contribution in [0.15, 0.2) is 36.4 Å². The number of likely N-dealkylation sites (N-methyl/N-ethyl adjacent to an activating group) is 1. The minimum absolute atomic E-state index is 0.737. The van der Waals surface area contributed by atoms with Gasteiger partial charge in [0.25, 0.3) is 0 Å². The maximum absolute atomic E-state index is 3.47. The van der Waals surface area contributed by atoms with E-state index in [2.05, 4.69) is 59.7 Å². The van der Waals surface area contributed by atoms with Crippen LogP contribution in [0.1, 0.15) is 24.8 Å². The fraction of sp³-hybridized carbons (Fsp3) is 0.500. The second kappa shape index (κ2) is 7.34. The van der Waals surface area contributed by atoms with Gasteiger partial charge in [-0.3, -0.25) is 4.90 Å². The van der Waals surface area contributed by atoms with Crippen LogP contribution in [-0.2, 0) is 0 Å². The smallest absolute Gasteiger partial charge is 0.0166 e. The van der Waals surface area contributed by atoms with Crippen molar-refractivity contribution in [2.75, 3.05) is 26.7 Å². The maximum Gasteiger partial charge on any atom is 0.0166 e. The Kier molecular flexibility index (Phi) is 5.43. The number of hydrogen-bond donors (Lipinski definition) is 1. The molecule has 1 saturated heterocycles. The Bertz CT molecular complexity index is 351. The molecule has 1 aromatic rings. The molecule has 0 bridgehead atoms. The Morgan fingerprint density at radius 3 is 2.89 bits per heavy atom. The number of nitrogens with zero attached hydrogens (tertiary/aromatic N) is 1. The van der Waals surface area contributed by atoms with Gasteiger partial charge in [0.15, 0.2) is 0 Å². The quantitative estimate of drug-likeness (QED) is 0.876. The molecule has 2 heteroatoms. The lowest BCUT2D eigenvalue weighted by Crippen LogP contribution is -2.32. The Hall–Kier alpha value is -1.12. The summed E-state index contributed by atoms with van der Waals surface area (Å²) in [5.41, 5.74) is 1.29. The normalized spacial score (nSPS) is 21.3. The standard InChI is InChI=1S/C16H24N2/c1-18(16-10-5-12-17-13-11-16)14-6-9-15-7-3-2-4-8-15/h2-4,6-9,16-17H,5,10-14H2,1H3/b9-6+. The van der Waals surface area contributed by atoms with E-state index in [1.807, 2.05) is 0 Å². The van der Waals surface area contributed by atoms with Crippen LogP contribution in [0.5, 0.6) is 0 Å². The van der Waals surface area contributed by atoms with Crippen molar-refractivity contribution in [2.45, 2.75) is 25.3 Å². The van der Waals surface area contributed by atoms with Crippen molar-refractivity contribution in [2.24, 2.45) is 0 Å². The first-order valence-corrected chi connectivity index (χ1v) is 6.99. The summed E-state index contributed by atoms with van der Waals surface area (Å²) in [6.07, 6.45) is 8.38. The molecule has 1 atom stereocenters.